The van der Waals surface area contributed by atoms with E-state index in [4.69, 9.17) is 4.74 Å². The lowest BCUT2D eigenvalue weighted by Gasteiger charge is -2.10. The van der Waals surface area contributed by atoms with Gasteiger partial charge in [0.25, 0.3) is 0 Å². The molecule has 0 aliphatic rings. The molecule has 0 unspecified atom stereocenters. The number of rotatable bonds is 8. The van der Waals surface area contributed by atoms with Crippen molar-refractivity contribution in [3.05, 3.63) is 18.2 Å². The molecule has 4 nitrogen and oxygen atoms in total. The van der Waals surface area contributed by atoms with E-state index >= 15 is 0 Å². The number of ether oxygens (including phenoxy) is 1. The van der Waals surface area contributed by atoms with Crippen molar-refractivity contribution >= 4 is 0 Å². The molecule has 1 rings (SSSR count). The number of imidazole rings is 1. The van der Waals surface area contributed by atoms with Crippen LogP contribution in [0.15, 0.2) is 12.4 Å². The van der Waals surface area contributed by atoms with E-state index in [1.54, 1.807) is 7.11 Å². The quantitative estimate of drug-likeness (QED) is 0.684. The molecule has 1 aromatic heterocycles. The third kappa shape index (κ3) is 4.33. The van der Waals surface area contributed by atoms with Gasteiger partial charge in [-0.1, -0.05) is 13.8 Å². The van der Waals surface area contributed by atoms with Crippen LogP contribution < -0.4 is 5.32 Å². The summed E-state index contributed by atoms with van der Waals surface area (Å²) in [6.07, 6.45) is 4.99. The molecule has 0 aromatic carbocycles. The van der Waals surface area contributed by atoms with Crippen molar-refractivity contribution in [3.63, 3.8) is 0 Å². The van der Waals surface area contributed by atoms with Gasteiger partial charge in [-0.15, -0.1) is 0 Å². The average molecular weight is 225 g/mol. The minimum Gasteiger partial charge on any atom is -0.385 e. The Morgan fingerprint density at radius 2 is 2.25 bits per heavy atom. The molecular weight excluding hydrogens is 202 g/mol. The summed E-state index contributed by atoms with van der Waals surface area (Å²) in [6, 6.07) is 0. The molecular formula is C12H23N3O. The molecule has 16 heavy (non-hydrogen) atoms. The van der Waals surface area contributed by atoms with Gasteiger partial charge < -0.3 is 14.6 Å². The third-order valence-corrected chi connectivity index (χ3v) is 2.50. The van der Waals surface area contributed by atoms with E-state index in [0.29, 0.717) is 5.92 Å². The van der Waals surface area contributed by atoms with E-state index in [-0.39, 0.29) is 0 Å². The highest BCUT2D eigenvalue weighted by Gasteiger charge is 2.05. The number of nitrogens with zero attached hydrogens (tertiary/aromatic N) is 2. The monoisotopic (exact) mass is 225 g/mol. The molecule has 1 N–H and O–H groups in total. The molecule has 0 amide bonds. The lowest BCUT2D eigenvalue weighted by Crippen LogP contribution is -2.22. The fourth-order valence-electron chi connectivity index (χ4n) is 1.68. The summed E-state index contributed by atoms with van der Waals surface area (Å²) in [4.78, 5) is 4.36. The smallest absolute Gasteiger partial charge is 0.111 e. The molecule has 0 saturated carbocycles. The van der Waals surface area contributed by atoms with E-state index in [9.17, 15) is 0 Å². The Morgan fingerprint density at radius 1 is 1.44 bits per heavy atom. The van der Waals surface area contributed by atoms with Gasteiger partial charge in [0.05, 0.1) is 0 Å². The van der Waals surface area contributed by atoms with Crippen LogP contribution in [-0.2, 0) is 11.3 Å². The summed E-state index contributed by atoms with van der Waals surface area (Å²) in [6.45, 7) is 8.16. The van der Waals surface area contributed by atoms with Crippen molar-refractivity contribution in [2.24, 2.45) is 0 Å². The average Bonchev–Trinajstić information content (AvgIpc) is 2.71. The SMILES string of the molecule is COCCCNCCn1ccnc1C(C)C. The Hall–Kier alpha value is -0.870. The predicted octanol–water partition coefficient (Wildman–Crippen LogP) is 1.63. The maximum absolute atomic E-state index is 4.99. The van der Waals surface area contributed by atoms with E-state index < -0.39 is 0 Å². The Kier molecular flexibility index (Phi) is 6.11. The molecule has 0 fully saturated rings. The number of hydrogen-bond acceptors (Lipinski definition) is 3. The molecule has 0 aliphatic carbocycles. The van der Waals surface area contributed by atoms with Gasteiger partial charge in [-0.2, -0.15) is 0 Å². The van der Waals surface area contributed by atoms with Crippen molar-refractivity contribution in [1.29, 1.82) is 0 Å². The first-order valence-corrected chi connectivity index (χ1v) is 5.96. The summed E-state index contributed by atoms with van der Waals surface area (Å²) in [5.41, 5.74) is 0. The Bertz CT molecular complexity index is 284. The summed E-state index contributed by atoms with van der Waals surface area (Å²) < 4.78 is 7.21. The number of aromatic nitrogens is 2. The van der Waals surface area contributed by atoms with E-state index in [1.807, 2.05) is 12.4 Å². The molecule has 1 heterocycles. The van der Waals surface area contributed by atoms with Crippen LogP contribution in [0.1, 0.15) is 32.0 Å². The van der Waals surface area contributed by atoms with E-state index in [2.05, 4.69) is 28.7 Å². The van der Waals surface area contributed by atoms with Crippen molar-refractivity contribution < 1.29 is 4.74 Å². The Labute approximate surface area is 98.0 Å². The third-order valence-electron chi connectivity index (χ3n) is 2.50. The van der Waals surface area contributed by atoms with E-state index in [0.717, 1.165) is 32.7 Å². The van der Waals surface area contributed by atoms with Gasteiger partial charge in [-0.3, -0.25) is 0 Å². The molecule has 0 spiro atoms. The van der Waals surface area contributed by atoms with Crippen LogP contribution in [0.25, 0.3) is 0 Å². The fraction of sp³-hybridized carbons (Fsp3) is 0.750. The molecule has 0 radical (unpaired) electrons. The van der Waals surface area contributed by atoms with Gasteiger partial charge in [0, 0.05) is 45.1 Å². The zero-order valence-corrected chi connectivity index (χ0v) is 10.6. The molecule has 0 saturated heterocycles. The van der Waals surface area contributed by atoms with Gasteiger partial charge in [-0.25, -0.2) is 4.98 Å². The zero-order valence-electron chi connectivity index (χ0n) is 10.6. The predicted molar refractivity (Wildman–Crippen MR) is 65.7 cm³/mol. The Morgan fingerprint density at radius 3 is 2.94 bits per heavy atom. The number of methoxy groups -OCH3 is 1. The molecule has 0 bridgehead atoms. The standard InChI is InChI=1S/C12H23N3O/c1-11(2)12-14-7-9-15(12)8-6-13-5-4-10-16-3/h7,9,11,13H,4-6,8,10H2,1-3H3. The molecule has 4 heteroatoms. The van der Waals surface area contributed by atoms with Gasteiger partial charge in [0.1, 0.15) is 5.82 Å². The van der Waals surface area contributed by atoms with Crippen molar-refractivity contribution in [2.45, 2.75) is 32.7 Å². The first-order valence-electron chi connectivity index (χ1n) is 5.96. The summed E-state index contributed by atoms with van der Waals surface area (Å²) in [5.74, 6) is 1.65. The molecule has 92 valence electrons. The summed E-state index contributed by atoms with van der Waals surface area (Å²) in [7, 11) is 1.74. The van der Waals surface area contributed by atoms with Crippen molar-refractivity contribution in [2.75, 3.05) is 26.8 Å². The first-order chi connectivity index (χ1) is 7.75. The molecule has 0 atom stereocenters. The minimum absolute atomic E-state index is 0.489. The van der Waals surface area contributed by atoms with Crippen molar-refractivity contribution in [3.8, 4) is 0 Å². The zero-order chi connectivity index (χ0) is 11.8. The molecule has 0 aliphatic heterocycles. The number of nitrogens with one attached hydrogen (secondary N) is 1. The minimum atomic E-state index is 0.489. The highest BCUT2D eigenvalue weighted by atomic mass is 16.5. The van der Waals surface area contributed by atoms with Gasteiger partial charge in [-0.05, 0) is 13.0 Å². The lowest BCUT2D eigenvalue weighted by atomic mass is 10.2. The maximum Gasteiger partial charge on any atom is 0.111 e. The normalized spacial score (nSPS) is 11.2. The summed E-state index contributed by atoms with van der Waals surface area (Å²) in [5, 5.41) is 3.40. The van der Waals surface area contributed by atoms with Crippen LogP contribution in [0.3, 0.4) is 0 Å². The highest BCUT2D eigenvalue weighted by molar-refractivity contribution is 4.97. The van der Waals surface area contributed by atoms with Crippen LogP contribution >= 0.6 is 0 Å². The fourth-order valence-corrected chi connectivity index (χ4v) is 1.68. The second-order valence-corrected chi connectivity index (χ2v) is 4.23. The summed E-state index contributed by atoms with van der Waals surface area (Å²) >= 11 is 0. The van der Waals surface area contributed by atoms with Crippen LogP contribution in [0, 0.1) is 0 Å². The molecule has 1 aromatic rings. The van der Waals surface area contributed by atoms with Gasteiger partial charge in [0.2, 0.25) is 0 Å². The largest absolute Gasteiger partial charge is 0.385 e. The Balaban J connectivity index is 2.19. The second-order valence-electron chi connectivity index (χ2n) is 4.23. The van der Waals surface area contributed by atoms with Crippen LogP contribution in [-0.4, -0.2) is 36.4 Å². The lowest BCUT2D eigenvalue weighted by molar-refractivity contribution is 0.194. The number of hydrogen-bond donors (Lipinski definition) is 1. The first kappa shape index (κ1) is 13.2. The van der Waals surface area contributed by atoms with Crippen molar-refractivity contribution in [1.82, 2.24) is 14.9 Å². The maximum atomic E-state index is 4.99. The van der Waals surface area contributed by atoms with Gasteiger partial charge in [0.15, 0.2) is 0 Å². The second kappa shape index (κ2) is 7.41. The highest BCUT2D eigenvalue weighted by Crippen LogP contribution is 2.10. The van der Waals surface area contributed by atoms with Crippen LogP contribution in [0.4, 0.5) is 0 Å². The van der Waals surface area contributed by atoms with Gasteiger partial charge >= 0.3 is 0 Å². The topological polar surface area (TPSA) is 39.1 Å². The van der Waals surface area contributed by atoms with E-state index in [1.165, 1.54) is 5.82 Å². The van der Waals surface area contributed by atoms with Crippen LogP contribution in [0.5, 0.6) is 0 Å². The van der Waals surface area contributed by atoms with Crippen LogP contribution in [0.2, 0.25) is 0 Å².